The van der Waals surface area contributed by atoms with E-state index in [1.807, 2.05) is 25.1 Å². The molecule has 31 heavy (non-hydrogen) atoms. The van der Waals surface area contributed by atoms with E-state index in [2.05, 4.69) is 50.5 Å². The van der Waals surface area contributed by atoms with Crippen LogP contribution in [0.15, 0.2) is 60.9 Å². The van der Waals surface area contributed by atoms with Gasteiger partial charge >= 0.3 is 0 Å². The molecule has 0 saturated carbocycles. The van der Waals surface area contributed by atoms with Crippen molar-refractivity contribution in [3.8, 4) is 5.75 Å². The van der Waals surface area contributed by atoms with Crippen LogP contribution in [-0.2, 0) is 26.1 Å². The molecule has 6 nitrogen and oxygen atoms in total. The number of β-amino-alcohol motifs (C(OH)–C–C–N with tert-alkyl or cyclic N) is 1. The number of nitrogens with zero attached hydrogens (tertiary/aromatic N) is 3. The van der Waals surface area contributed by atoms with Crippen molar-refractivity contribution in [2.45, 2.75) is 39.1 Å². The molecule has 0 saturated heterocycles. The molecule has 1 aliphatic heterocycles. The zero-order valence-corrected chi connectivity index (χ0v) is 18.0. The van der Waals surface area contributed by atoms with E-state index in [-0.39, 0.29) is 6.61 Å². The summed E-state index contributed by atoms with van der Waals surface area (Å²) in [5.74, 6) is 0.775. The largest absolute Gasteiger partial charge is 0.491 e. The number of nitrogens with one attached hydrogen (secondary N) is 1. The molecule has 0 aliphatic carbocycles. The highest BCUT2D eigenvalue weighted by molar-refractivity contribution is 5.29. The number of fused-ring (bicyclic) bond motifs is 1. The fourth-order valence-electron chi connectivity index (χ4n) is 3.84. The van der Waals surface area contributed by atoms with E-state index in [0.717, 1.165) is 42.2 Å². The zero-order chi connectivity index (χ0) is 21.5. The van der Waals surface area contributed by atoms with Crippen LogP contribution in [-0.4, -0.2) is 45.8 Å². The van der Waals surface area contributed by atoms with Gasteiger partial charge in [0, 0.05) is 45.1 Å². The van der Waals surface area contributed by atoms with Crippen LogP contribution in [0.1, 0.15) is 28.1 Å². The van der Waals surface area contributed by atoms with Gasteiger partial charge in [-0.05, 0) is 42.2 Å². The van der Waals surface area contributed by atoms with Gasteiger partial charge in [-0.1, -0.05) is 36.4 Å². The zero-order valence-electron chi connectivity index (χ0n) is 18.0. The molecular weight excluding hydrogens is 388 g/mol. The van der Waals surface area contributed by atoms with Gasteiger partial charge in [-0.2, -0.15) is 0 Å². The molecule has 0 spiro atoms. The number of rotatable bonds is 9. The molecule has 6 heteroatoms. The maximum absolute atomic E-state index is 10.5. The van der Waals surface area contributed by atoms with Gasteiger partial charge in [0.2, 0.25) is 0 Å². The molecule has 0 fully saturated rings. The third-order valence-corrected chi connectivity index (χ3v) is 5.49. The molecule has 2 N–H and O–H groups in total. The molecule has 1 atom stereocenters. The molecule has 0 amide bonds. The standard InChI is InChI=1S/C25H30N4O2/c1-19-12-28-23(15-27-19)14-26-13-20-5-4-8-25(11-20)31-18-24(30)17-29-10-9-21-6-2-3-7-22(21)16-29/h2-8,11-12,15,24,26,30H,9-10,13-14,16-18H2,1H3/t24-/m0/s1. The monoisotopic (exact) mass is 418 g/mol. The van der Waals surface area contributed by atoms with Crippen molar-refractivity contribution in [3.63, 3.8) is 0 Å². The number of ether oxygens (including phenoxy) is 1. The smallest absolute Gasteiger partial charge is 0.119 e. The van der Waals surface area contributed by atoms with Gasteiger partial charge in [0.15, 0.2) is 0 Å². The van der Waals surface area contributed by atoms with E-state index in [1.165, 1.54) is 11.1 Å². The molecule has 162 valence electrons. The van der Waals surface area contributed by atoms with Gasteiger partial charge in [0.05, 0.1) is 11.4 Å². The fraction of sp³-hybridized carbons (Fsp3) is 0.360. The Bertz CT molecular complexity index is 977. The summed E-state index contributed by atoms with van der Waals surface area (Å²) in [6, 6.07) is 16.5. The second-order valence-corrected chi connectivity index (χ2v) is 8.12. The second kappa shape index (κ2) is 10.5. The molecule has 1 aliphatic rings. The van der Waals surface area contributed by atoms with Crippen molar-refractivity contribution in [2.75, 3.05) is 19.7 Å². The Labute approximate surface area is 183 Å². The third-order valence-electron chi connectivity index (χ3n) is 5.49. The lowest BCUT2D eigenvalue weighted by atomic mass is 10.00. The highest BCUT2D eigenvalue weighted by Crippen LogP contribution is 2.19. The number of aliphatic hydroxyl groups excluding tert-OH is 1. The Hall–Kier alpha value is -2.80. The minimum Gasteiger partial charge on any atom is -0.491 e. The van der Waals surface area contributed by atoms with Crippen LogP contribution in [0.5, 0.6) is 5.75 Å². The van der Waals surface area contributed by atoms with Crippen LogP contribution in [0, 0.1) is 6.92 Å². The molecule has 2 aromatic carbocycles. The molecule has 1 aromatic heterocycles. The number of hydrogen-bond donors (Lipinski definition) is 2. The van der Waals surface area contributed by atoms with Gasteiger partial charge in [-0.3, -0.25) is 14.9 Å². The maximum atomic E-state index is 10.5. The average Bonchev–Trinajstić information content (AvgIpc) is 2.79. The summed E-state index contributed by atoms with van der Waals surface area (Å²) in [4.78, 5) is 10.9. The molecular formula is C25H30N4O2. The quantitative estimate of drug-likeness (QED) is 0.557. The Morgan fingerprint density at radius 3 is 2.77 bits per heavy atom. The van der Waals surface area contributed by atoms with Crippen molar-refractivity contribution in [2.24, 2.45) is 0 Å². The van der Waals surface area contributed by atoms with Gasteiger partial charge in [-0.25, -0.2) is 0 Å². The van der Waals surface area contributed by atoms with Crippen molar-refractivity contribution in [1.29, 1.82) is 0 Å². The van der Waals surface area contributed by atoms with Crippen LogP contribution in [0.25, 0.3) is 0 Å². The van der Waals surface area contributed by atoms with Crippen LogP contribution in [0.2, 0.25) is 0 Å². The summed E-state index contributed by atoms with van der Waals surface area (Å²) in [7, 11) is 0. The predicted octanol–water partition coefficient (Wildman–Crippen LogP) is 2.87. The molecule has 0 radical (unpaired) electrons. The number of hydrogen-bond acceptors (Lipinski definition) is 6. The summed E-state index contributed by atoms with van der Waals surface area (Å²) < 4.78 is 5.87. The molecule has 3 aromatic rings. The van der Waals surface area contributed by atoms with Crippen LogP contribution in [0.4, 0.5) is 0 Å². The normalized spacial score (nSPS) is 14.8. The van der Waals surface area contributed by atoms with Crippen molar-refractivity contribution >= 4 is 0 Å². The summed E-state index contributed by atoms with van der Waals surface area (Å²) in [5.41, 5.74) is 5.74. The lowest BCUT2D eigenvalue weighted by Gasteiger charge is -2.30. The summed E-state index contributed by atoms with van der Waals surface area (Å²) in [6.45, 7) is 6.07. The Morgan fingerprint density at radius 2 is 1.94 bits per heavy atom. The van der Waals surface area contributed by atoms with Crippen molar-refractivity contribution in [1.82, 2.24) is 20.2 Å². The topological polar surface area (TPSA) is 70.5 Å². The first-order valence-electron chi connectivity index (χ1n) is 10.8. The van der Waals surface area contributed by atoms with E-state index < -0.39 is 6.10 Å². The molecule has 2 heterocycles. The number of aryl methyl sites for hydroxylation is 1. The van der Waals surface area contributed by atoms with Crippen molar-refractivity contribution in [3.05, 3.63) is 89.0 Å². The average molecular weight is 419 g/mol. The van der Waals surface area contributed by atoms with E-state index in [0.29, 0.717) is 19.6 Å². The fourth-order valence-corrected chi connectivity index (χ4v) is 3.84. The highest BCUT2D eigenvalue weighted by atomic mass is 16.5. The van der Waals surface area contributed by atoms with E-state index in [1.54, 1.807) is 12.4 Å². The SMILES string of the molecule is Cc1cnc(CNCc2cccc(OC[C@@H](O)CN3CCc4ccccc4C3)c2)cn1. The summed E-state index contributed by atoms with van der Waals surface area (Å²) in [5, 5.41) is 13.9. The van der Waals surface area contributed by atoms with E-state index in [9.17, 15) is 5.11 Å². The highest BCUT2D eigenvalue weighted by Gasteiger charge is 2.18. The lowest BCUT2D eigenvalue weighted by Crippen LogP contribution is -2.38. The van der Waals surface area contributed by atoms with Gasteiger partial charge in [-0.15, -0.1) is 0 Å². The minimum absolute atomic E-state index is 0.286. The van der Waals surface area contributed by atoms with Gasteiger partial charge in [0.1, 0.15) is 18.5 Å². The summed E-state index contributed by atoms with van der Waals surface area (Å²) in [6.07, 6.45) is 4.09. The molecule has 0 bridgehead atoms. The van der Waals surface area contributed by atoms with Crippen LogP contribution < -0.4 is 10.1 Å². The number of benzene rings is 2. The number of aromatic nitrogens is 2. The van der Waals surface area contributed by atoms with Gasteiger partial charge in [0.25, 0.3) is 0 Å². The first-order chi connectivity index (χ1) is 15.2. The van der Waals surface area contributed by atoms with Gasteiger partial charge < -0.3 is 15.2 Å². The number of aliphatic hydroxyl groups is 1. The predicted molar refractivity (Wildman–Crippen MR) is 121 cm³/mol. The maximum Gasteiger partial charge on any atom is 0.119 e. The van der Waals surface area contributed by atoms with Crippen LogP contribution >= 0.6 is 0 Å². The Balaban J connectivity index is 1.21. The first-order valence-corrected chi connectivity index (χ1v) is 10.8. The van der Waals surface area contributed by atoms with Crippen LogP contribution in [0.3, 0.4) is 0 Å². The van der Waals surface area contributed by atoms with E-state index >= 15 is 0 Å². The Kier molecular flexibility index (Phi) is 7.25. The summed E-state index contributed by atoms with van der Waals surface area (Å²) >= 11 is 0. The van der Waals surface area contributed by atoms with Crippen molar-refractivity contribution < 1.29 is 9.84 Å². The van der Waals surface area contributed by atoms with E-state index in [4.69, 9.17) is 4.74 Å². The third kappa shape index (κ3) is 6.34. The molecule has 0 unspecified atom stereocenters. The Morgan fingerprint density at radius 1 is 1.06 bits per heavy atom. The second-order valence-electron chi connectivity index (χ2n) is 8.12. The minimum atomic E-state index is -0.521. The first kappa shape index (κ1) is 21.4. The lowest BCUT2D eigenvalue weighted by molar-refractivity contribution is 0.0637. The molecule has 4 rings (SSSR count).